The van der Waals surface area contributed by atoms with Gasteiger partial charge < -0.3 is 10.5 Å². The molecule has 0 aliphatic carbocycles. The largest absolute Gasteiger partial charge is 0.493 e. The number of hydrogen-bond donors (Lipinski definition) is 1. The van der Waals surface area contributed by atoms with Crippen LogP contribution in [0.1, 0.15) is 45.1 Å². The maximum atomic E-state index is 5.93. The van der Waals surface area contributed by atoms with E-state index in [1.807, 2.05) is 25.1 Å². The molecule has 108 valence electrons. The Morgan fingerprint density at radius 1 is 1.26 bits per heavy atom. The Labute approximate surface area is 122 Å². The number of nitrogens with two attached hydrogens (primary N) is 1. The predicted molar refractivity (Wildman–Crippen MR) is 83.0 cm³/mol. The molecule has 0 aromatic heterocycles. The van der Waals surface area contributed by atoms with Gasteiger partial charge in [0.2, 0.25) is 0 Å². The maximum absolute atomic E-state index is 5.93. The van der Waals surface area contributed by atoms with Crippen LogP contribution in [0.3, 0.4) is 0 Å². The highest BCUT2D eigenvalue weighted by atomic mass is 35.5. The van der Waals surface area contributed by atoms with Crippen molar-refractivity contribution in [1.29, 1.82) is 0 Å². The van der Waals surface area contributed by atoms with Gasteiger partial charge in [-0.2, -0.15) is 0 Å². The van der Waals surface area contributed by atoms with Gasteiger partial charge in [0, 0.05) is 5.02 Å². The molecule has 0 saturated heterocycles. The van der Waals surface area contributed by atoms with Crippen molar-refractivity contribution in [2.75, 3.05) is 13.2 Å². The van der Waals surface area contributed by atoms with Crippen molar-refractivity contribution in [3.05, 3.63) is 28.8 Å². The molecule has 1 aromatic carbocycles. The zero-order chi connectivity index (χ0) is 14.3. The number of halogens is 1. The molecule has 1 rings (SSSR count). The minimum absolute atomic E-state index is 0.290. The molecule has 3 heteroatoms. The van der Waals surface area contributed by atoms with Crippen molar-refractivity contribution in [2.45, 2.75) is 46.5 Å². The van der Waals surface area contributed by atoms with E-state index in [9.17, 15) is 0 Å². The van der Waals surface area contributed by atoms with Crippen LogP contribution < -0.4 is 10.5 Å². The topological polar surface area (TPSA) is 35.2 Å². The first-order chi connectivity index (χ1) is 9.06. The summed E-state index contributed by atoms with van der Waals surface area (Å²) in [4.78, 5) is 0. The van der Waals surface area contributed by atoms with E-state index in [1.165, 1.54) is 0 Å². The smallest absolute Gasteiger partial charge is 0.122 e. The molecule has 0 unspecified atom stereocenters. The molecule has 0 aliphatic rings. The second kappa shape index (κ2) is 7.76. The van der Waals surface area contributed by atoms with Crippen LogP contribution in [0.15, 0.2) is 18.2 Å². The fourth-order valence-electron chi connectivity index (χ4n) is 2.40. The Balaban J connectivity index is 2.42. The summed E-state index contributed by atoms with van der Waals surface area (Å²) in [6.07, 6.45) is 4.45. The van der Waals surface area contributed by atoms with Crippen molar-refractivity contribution in [3.8, 4) is 5.75 Å². The van der Waals surface area contributed by atoms with Crippen molar-refractivity contribution < 1.29 is 4.74 Å². The van der Waals surface area contributed by atoms with Gasteiger partial charge in [0.25, 0.3) is 0 Å². The Morgan fingerprint density at radius 3 is 2.47 bits per heavy atom. The van der Waals surface area contributed by atoms with Gasteiger partial charge in [0.1, 0.15) is 5.75 Å². The minimum Gasteiger partial charge on any atom is -0.493 e. The van der Waals surface area contributed by atoms with Crippen LogP contribution in [0.2, 0.25) is 5.02 Å². The quantitative estimate of drug-likeness (QED) is 0.709. The number of hydrogen-bond acceptors (Lipinski definition) is 2. The van der Waals surface area contributed by atoms with E-state index in [2.05, 4.69) is 13.8 Å². The zero-order valence-corrected chi connectivity index (χ0v) is 13.1. The Bertz CT molecular complexity index is 380. The standard InChI is InChI=1S/C16H26ClNO/c1-4-16(5-2,12-18)9-6-10-19-15-8-7-14(17)11-13(15)3/h7-8,11H,4-6,9-10,12,18H2,1-3H3. The fraction of sp³-hybridized carbons (Fsp3) is 0.625. The van der Waals surface area contributed by atoms with E-state index in [1.54, 1.807) is 0 Å². The molecule has 1 aromatic rings. The number of benzene rings is 1. The SMILES string of the molecule is CCC(CC)(CN)CCCOc1ccc(Cl)cc1C. The number of rotatable bonds is 8. The Hall–Kier alpha value is -0.730. The lowest BCUT2D eigenvalue weighted by molar-refractivity contribution is 0.213. The van der Waals surface area contributed by atoms with Gasteiger partial charge in [-0.3, -0.25) is 0 Å². The lowest BCUT2D eigenvalue weighted by Gasteiger charge is -2.30. The van der Waals surface area contributed by atoms with Gasteiger partial charge in [-0.05, 0) is 68.3 Å². The summed E-state index contributed by atoms with van der Waals surface area (Å²) in [5.74, 6) is 0.927. The van der Waals surface area contributed by atoms with E-state index in [0.29, 0.717) is 5.41 Å². The van der Waals surface area contributed by atoms with Gasteiger partial charge in [-0.15, -0.1) is 0 Å². The molecule has 0 fully saturated rings. The summed E-state index contributed by atoms with van der Waals surface area (Å²) >= 11 is 5.93. The van der Waals surface area contributed by atoms with Crippen LogP contribution in [0.5, 0.6) is 5.75 Å². The lowest BCUT2D eigenvalue weighted by Crippen LogP contribution is -2.29. The number of ether oxygens (including phenoxy) is 1. The lowest BCUT2D eigenvalue weighted by atomic mass is 9.78. The molecule has 0 spiro atoms. The van der Waals surface area contributed by atoms with Crippen LogP contribution in [0, 0.1) is 12.3 Å². The maximum Gasteiger partial charge on any atom is 0.122 e. The predicted octanol–water partition coefficient (Wildman–Crippen LogP) is 4.57. The average molecular weight is 284 g/mol. The van der Waals surface area contributed by atoms with Crippen LogP contribution in [-0.4, -0.2) is 13.2 Å². The summed E-state index contributed by atoms with van der Waals surface area (Å²) in [5, 5.41) is 0.754. The summed E-state index contributed by atoms with van der Waals surface area (Å²) in [7, 11) is 0. The first-order valence-corrected chi connectivity index (χ1v) is 7.53. The molecule has 2 N–H and O–H groups in total. The second-order valence-electron chi connectivity index (χ2n) is 5.27. The Morgan fingerprint density at radius 2 is 1.95 bits per heavy atom. The van der Waals surface area contributed by atoms with E-state index in [-0.39, 0.29) is 0 Å². The minimum atomic E-state index is 0.290. The van der Waals surface area contributed by atoms with E-state index in [4.69, 9.17) is 22.1 Å². The van der Waals surface area contributed by atoms with Crippen LogP contribution in [0.25, 0.3) is 0 Å². The third-order valence-corrected chi connectivity index (χ3v) is 4.41. The molecule has 0 saturated carbocycles. The number of aryl methyl sites for hydroxylation is 1. The molecule has 0 bridgehead atoms. The molecule has 19 heavy (non-hydrogen) atoms. The Kier molecular flexibility index (Phi) is 6.67. The van der Waals surface area contributed by atoms with Crippen molar-refractivity contribution in [1.82, 2.24) is 0 Å². The molecule has 0 heterocycles. The van der Waals surface area contributed by atoms with E-state index in [0.717, 1.165) is 55.2 Å². The third-order valence-electron chi connectivity index (χ3n) is 4.18. The molecule has 0 amide bonds. The molecule has 0 atom stereocenters. The third kappa shape index (κ3) is 4.70. The monoisotopic (exact) mass is 283 g/mol. The van der Waals surface area contributed by atoms with E-state index >= 15 is 0 Å². The normalized spacial score (nSPS) is 11.6. The average Bonchev–Trinajstić information content (AvgIpc) is 2.42. The van der Waals surface area contributed by atoms with Crippen LogP contribution >= 0.6 is 11.6 Å². The van der Waals surface area contributed by atoms with Crippen LogP contribution in [-0.2, 0) is 0 Å². The summed E-state index contributed by atoms with van der Waals surface area (Å²) < 4.78 is 5.82. The van der Waals surface area contributed by atoms with Gasteiger partial charge in [0.15, 0.2) is 0 Å². The first-order valence-electron chi connectivity index (χ1n) is 7.16. The molecular formula is C16H26ClNO. The molecule has 0 radical (unpaired) electrons. The van der Waals surface area contributed by atoms with Crippen molar-refractivity contribution >= 4 is 11.6 Å². The summed E-state index contributed by atoms with van der Waals surface area (Å²) in [5.41, 5.74) is 7.28. The highest BCUT2D eigenvalue weighted by molar-refractivity contribution is 6.30. The summed E-state index contributed by atoms with van der Waals surface area (Å²) in [6, 6.07) is 5.73. The molecule has 2 nitrogen and oxygen atoms in total. The highest BCUT2D eigenvalue weighted by Crippen LogP contribution is 2.30. The van der Waals surface area contributed by atoms with Gasteiger partial charge in [0.05, 0.1) is 6.61 Å². The zero-order valence-electron chi connectivity index (χ0n) is 12.3. The molecular weight excluding hydrogens is 258 g/mol. The summed E-state index contributed by atoms with van der Waals surface area (Å²) in [6.45, 7) is 7.97. The van der Waals surface area contributed by atoms with Crippen LogP contribution in [0.4, 0.5) is 0 Å². The van der Waals surface area contributed by atoms with Gasteiger partial charge in [-0.25, -0.2) is 0 Å². The van der Waals surface area contributed by atoms with Crippen molar-refractivity contribution in [2.24, 2.45) is 11.1 Å². The first kappa shape index (κ1) is 16.3. The second-order valence-corrected chi connectivity index (χ2v) is 5.71. The van der Waals surface area contributed by atoms with E-state index < -0.39 is 0 Å². The molecule has 0 aliphatic heterocycles. The fourth-order valence-corrected chi connectivity index (χ4v) is 2.63. The van der Waals surface area contributed by atoms with Gasteiger partial charge >= 0.3 is 0 Å². The van der Waals surface area contributed by atoms with Crippen molar-refractivity contribution in [3.63, 3.8) is 0 Å². The highest BCUT2D eigenvalue weighted by Gasteiger charge is 2.23. The van der Waals surface area contributed by atoms with Gasteiger partial charge in [-0.1, -0.05) is 25.4 Å².